The van der Waals surface area contributed by atoms with Crippen LogP contribution in [0.25, 0.3) is 0 Å². The number of nitrogens with zero attached hydrogens (tertiary/aromatic N) is 5. The zero-order valence-corrected chi connectivity index (χ0v) is 5.65. The molecular formula is C5H7N5. The van der Waals surface area contributed by atoms with Crippen molar-refractivity contribution in [3.8, 4) is 6.07 Å². The third-order valence-corrected chi connectivity index (χ3v) is 0.976. The van der Waals surface area contributed by atoms with E-state index in [0.717, 1.165) is 0 Å². The summed E-state index contributed by atoms with van der Waals surface area (Å²) in [5, 5.41) is 19.4. The predicted octanol–water partition coefficient (Wildman–Crippen LogP) is -0.105. The second-order valence-electron chi connectivity index (χ2n) is 1.84. The van der Waals surface area contributed by atoms with Crippen LogP contribution in [0.1, 0.15) is 12.2 Å². The third-order valence-electron chi connectivity index (χ3n) is 0.976. The van der Waals surface area contributed by atoms with Gasteiger partial charge in [-0.3, -0.25) is 0 Å². The Morgan fingerprint density at radius 2 is 2.50 bits per heavy atom. The Labute approximate surface area is 58.3 Å². The minimum atomic E-state index is 0.426. The smallest absolute Gasteiger partial charge is 0.171 e. The van der Waals surface area contributed by atoms with Crippen LogP contribution in [0.4, 0.5) is 0 Å². The highest BCUT2D eigenvalue weighted by molar-refractivity contribution is 4.70. The van der Waals surface area contributed by atoms with Crippen molar-refractivity contribution in [3.05, 3.63) is 5.82 Å². The Morgan fingerprint density at radius 3 is 3.00 bits per heavy atom. The number of nitriles is 1. The van der Waals surface area contributed by atoms with Crippen LogP contribution in [0, 0.1) is 18.3 Å². The molecule has 0 radical (unpaired) electrons. The summed E-state index contributed by atoms with van der Waals surface area (Å²) in [7, 11) is 0. The van der Waals surface area contributed by atoms with Gasteiger partial charge in [0.05, 0.1) is 19.0 Å². The lowest BCUT2D eigenvalue weighted by atomic mass is 10.5. The first kappa shape index (κ1) is 6.68. The summed E-state index contributed by atoms with van der Waals surface area (Å²) < 4.78 is 0. The fourth-order valence-corrected chi connectivity index (χ4v) is 0.568. The molecule has 1 aromatic rings. The number of aryl methyl sites for hydroxylation is 2. The van der Waals surface area contributed by atoms with E-state index in [9.17, 15) is 0 Å². The zero-order valence-electron chi connectivity index (χ0n) is 5.65. The molecule has 10 heavy (non-hydrogen) atoms. The van der Waals surface area contributed by atoms with Crippen molar-refractivity contribution in [1.82, 2.24) is 20.2 Å². The molecule has 0 aromatic carbocycles. The van der Waals surface area contributed by atoms with Gasteiger partial charge in [-0.1, -0.05) is 0 Å². The quantitative estimate of drug-likeness (QED) is 0.570. The van der Waals surface area contributed by atoms with E-state index in [1.54, 1.807) is 6.92 Å². The van der Waals surface area contributed by atoms with Crippen molar-refractivity contribution in [3.63, 3.8) is 0 Å². The fourth-order valence-electron chi connectivity index (χ4n) is 0.568. The lowest BCUT2D eigenvalue weighted by molar-refractivity contribution is 0.530. The van der Waals surface area contributed by atoms with E-state index in [-0.39, 0.29) is 0 Å². The van der Waals surface area contributed by atoms with Crippen molar-refractivity contribution in [2.45, 2.75) is 19.9 Å². The lowest BCUT2D eigenvalue weighted by Crippen LogP contribution is -2.01. The predicted molar refractivity (Wildman–Crippen MR) is 32.8 cm³/mol. The highest BCUT2D eigenvalue weighted by Crippen LogP contribution is 1.84. The number of hydrogen-bond donors (Lipinski definition) is 0. The number of rotatable bonds is 2. The van der Waals surface area contributed by atoms with Gasteiger partial charge in [-0.2, -0.15) is 10.1 Å². The Morgan fingerprint density at radius 1 is 1.70 bits per heavy atom. The highest BCUT2D eigenvalue weighted by Gasteiger charge is 1.94. The average molecular weight is 137 g/mol. The Hall–Kier alpha value is -1.44. The van der Waals surface area contributed by atoms with Crippen LogP contribution in [0.15, 0.2) is 0 Å². The molecule has 0 saturated carbocycles. The summed E-state index contributed by atoms with van der Waals surface area (Å²) in [4.78, 5) is 1.42. The van der Waals surface area contributed by atoms with Gasteiger partial charge in [-0.25, -0.2) is 0 Å². The SMILES string of the molecule is Cc1nnn(CCC#N)n1. The molecule has 0 unspecified atom stereocenters. The summed E-state index contributed by atoms with van der Waals surface area (Å²) in [6.45, 7) is 2.28. The summed E-state index contributed by atoms with van der Waals surface area (Å²) in [6.07, 6.45) is 0.426. The summed E-state index contributed by atoms with van der Waals surface area (Å²) in [6, 6.07) is 2.00. The van der Waals surface area contributed by atoms with E-state index in [4.69, 9.17) is 5.26 Å². The van der Waals surface area contributed by atoms with Crippen LogP contribution in [-0.4, -0.2) is 20.2 Å². The minimum absolute atomic E-state index is 0.426. The van der Waals surface area contributed by atoms with E-state index >= 15 is 0 Å². The van der Waals surface area contributed by atoms with E-state index in [2.05, 4.69) is 15.4 Å². The molecule has 0 fully saturated rings. The van der Waals surface area contributed by atoms with Gasteiger partial charge in [0, 0.05) is 0 Å². The van der Waals surface area contributed by atoms with Crippen LogP contribution in [0.2, 0.25) is 0 Å². The van der Waals surface area contributed by atoms with E-state index in [1.807, 2.05) is 6.07 Å². The van der Waals surface area contributed by atoms with Gasteiger partial charge >= 0.3 is 0 Å². The lowest BCUT2D eigenvalue weighted by Gasteiger charge is -1.87. The molecule has 5 heteroatoms. The molecule has 0 aliphatic rings. The van der Waals surface area contributed by atoms with Crippen molar-refractivity contribution in [2.24, 2.45) is 0 Å². The van der Waals surface area contributed by atoms with Crippen molar-refractivity contribution in [1.29, 1.82) is 5.26 Å². The monoisotopic (exact) mass is 137 g/mol. The highest BCUT2D eigenvalue weighted by atomic mass is 15.6. The maximum Gasteiger partial charge on any atom is 0.171 e. The molecule has 1 heterocycles. The van der Waals surface area contributed by atoms with Gasteiger partial charge in [0.25, 0.3) is 0 Å². The molecule has 1 rings (SSSR count). The van der Waals surface area contributed by atoms with Crippen LogP contribution in [-0.2, 0) is 6.54 Å². The standard InChI is InChI=1S/C5H7N5/c1-5-7-9-10(8-5)4-2-3-6/h2,4H2,1H3. The third kappa shape index (κ3) is 1.52. The largest absolute Gasteiger partial charge is 0.198 e. The first-order valence-electron chi connectivity index (χ1n) is 2.94. The maximum atomic E-state index is 8.20. The number of hydrogen-bond acceptors (Lipinski definition) is 4. The molecule has 0 N–H and O–H groups in total. The molecule has 0 bridgehead atoms. The van der Waals surface area contributed by atoms with Gasteiger partial charge in [0.15, 0.2) is 5.82 Å². The molecule has 0 saturated heterocycles. The Bertz CT molecular complexity index is 245. The van der Waals surface area contributed by atoms with Gasteiger partial charge in [-0.05, 0) is 12.1 Å². The Kier molecular flexibility index (Phi) is 1.95. The molecule has 0 atom stereocenters. The van der Waals surface area contributed by atoms with Gasteiger partial charge in [0.1, 0.15) is 0 Å². The zero-order chi connectivity index (χ0) is 7.40. The molecule has 52 valence electrons. The van der Waals surface area contributed by atoms with E-state index in [1.165, 1.54) is 4.80 Å². The molecular weight excluding hydrogens is 130 g/mol. The van der Waals surface area contributed by atoms with Crippen LogP contribution in [0.5, 0.6) is 0 Å². The topological polar surface area (TPSA) is 67.4 Å². The van der Waals surface area contributed by atoms with Gasteiger partial charge in [-0.15, -0.1) is 10.2 Å². The number of tetrazole rings is 1. The first-order valence-corrected chi connectivity index (χ1v) is 2.94. The normalized spacial score (nSPS) is 9.20. The van der Waals surface area contributed by atoms with Crippen molar-refractivity contribution in [2.75, 3.05) is 0 Å². The van der Waals surface area contributed by atoms with E-state index in [0.29, 0.717) is 18.8 Å². The molecule has 5 nitrogen and oxygen atoms in total. The second-order valence-corrected chi connectivity index (χ2v) is 1.84. The van der Waals surface area contributed by atoms with Crippen LogP contribution in [0.3, 0.4) is 0 Å². The second kappa shape index (κ2) is 2.92. The molecule has 1 aromatic heterocycles. The van der Waals surface area contributed by atoms with Gasteiger partial charge < -0.3 is 0 Å². The van der Waals surface area contributed by atoms with Crippen molar-refractivity contribution < 1.29 is 0 Å². The molecule has 0 spiro atoms. The van der Waals surface area contributed by atoms with Crippen LogP contribution >= 0.6 is 0 Å². The summed E-state index contributed by atoms with van der Waals surface area (Å²) >= 11 is 0. The molecule has 0 aliphatic heterocycles. The fraction of sp³-hybridized carbons (Fsp3) is 0.600. The average Bonchev–Trinajstić information content (AvgIpc) is 2.31. The first-order chi connectivity index (χ1) is 4.83. The van der Waals surface area contributed by atoms with Crippen molar-refractivity contribution >= 4 is 0 Å². The summed E-state index contributed by atoms with van der Waals surface area (Å²) in [5.41, 5.74) is 0. The number of aromatic nitrogens is 4. The summed E-state index contributed by atoms with van der Waals surface area (Å²) in [5.74, 6) is 0.637. The Balaban J connectivity index is 2.52. The molecule has 0 aliphatic carbocycles. The van der Waals surface area contributed by atoms with E-state index < -0.39 is 0 Å². The van der Waals surface area contributed by atoms with Crippen LogP contribution < -0.4 is 0 Å². The van der Waals surface area contributed by atoms with Gasteiger partial charge in [0.2, 0.25) is 0 Å². The molecule has 0 amide bonds. The maximum absolute atomic E-state index is 8.20. The minimum Gasteiger partial charge on any atom is -0.198 e.